The van der Waals surface area contributed by atoms with Gasteiger partial charge in [-0.1, -0.05) is 0 Å². The number of aryl methyl sites for hydroxylation is 2. The van der Waals surface area contributed by atoms with Crippen molar-refractivity contribution in [1.82, 2.24) is 10.3 Å². The van der Waals surface area contributed by atoms with E-state index < -0.39 is 0 Å². The maximum atomic E-state index is 12.3. The Morgan fingerprint density at radius 3 is 2.67 bits per heavy atom. The minimum atomic E-state index is -0.182. The summed E-state index contributed by atoms with van der Waals surface area (Å²) in [5, 5.41) is 3.96. The number of nitrogens with one attached hydrogen (secondary N) is 1. The molecule has 2 aromatic rings. The molecule has 21 heavy (non-hydrogen) atoms. The van der Waals surface area contributed by atoms with Crippen LogP contribution in [0.1, 0.15) is 38.9 Å². The molecule has 5 nitrogen and oxygen atoms in total. The third-order valence-electron chi connectivity index (χ3n) is 3.11. The van der Waals surface area contributed by atoms with Crippen LogP contribution in [-0.2, 0) is 0 Å². The number of nitrogen functional groups attached to an aromatic ring is 1. The smallest absolute Gasteiger partial charge is 0.251 e. The predicted molar refractivity (Wildman–Crippen MR) is 84.9 cm³/mol. The van der Waals surface area contributed by atoms with Crippen LogP contribution in [0.3, 0.4) is 0 Å². The molecule has 6 heteroatoms. The van der Waals surface area contributed by atoms with E-state index >= 15 is 0 Å². The third kappa shape index (κ3) is 3.52. The number of nitrogens with two attached hydrogens (primary N) is 1. The first-order valence-electron chi connectivity index (χ1n) is 6.60. The Morgan fingerprint density at radius 2 is 2.10 bits per heavy atom. The summed E-state index contributed by atoms with van der Waals surface area (Å²) in [6.07, 6.45) is 0. The average molecular weight is 305 g/mol. The van der Waals surface area contributed by atoms with E-state index in [4.69, 9.17) is 10.5 Å². The van der Waals surface area contributed by atoms with E-state index in [1.807, 2.05) is 20.8 Å². The van der Waals surface area contributed by atoms with Gasteiger partial charge in [-0.05, 0) is 32.9 Å². The van der Waals surface area contributed by atoms with Crippen molar-refractivity contribution < 1.29 is 9.53 Å². The van der Waals surface area contributed by atoms with Gasteiger partial charge in [-0.2, -0.15) is 0 Å². The fourth-order valence-corrected chi connectivity index (χ4v) is 3.10. The van der Waals surface area contributed by atoms with Crippen LogP contribution in [0.4, 0.5) is 5.69 Å². The number of amides is 1. The number of thiazole rings is 1. The van der Waals surface area contributed by atoms with Crippen molar-refractivity contribution in [2.24, 2.45) is 0 Å². The number of aromatic nitrogens is 1. The SMILES string of the molecule is COc1cc(N)cc(C(=O)NC(C)c2sc(C)nc2C)c1. The maximum Gasteiger partial charge on any atom is 0.251 e. The van der Waals surface area contributed by atoms with Crippen molar-refractivity contribution in [3.05, 3.63) is 39.3 Å². The van der Waals surface area contributed by atoms with Gasteiger partial charge >= 0.3 is 0 Å². The fourth-order valence-electron chi connectivity index (χ4n) is 2.17. The summed E-state index contributed by atoms with van der Waals surface area (Å²) in [6.45, 7) is 5.85. The second-order valence-electron chi connectivity index (χ2n) is 4.87. The molecule has 0 saturated heterocycles. The summed E-state index contributed by atoms with van der Waals surface area (Å²) in [6, 6.07) is 4.88. The first-order chi connectivity index (χ1) is 9.90. The van der Waals surface area contributed by atoms with Gasteiger partial charge in [0.2, 0.25) is 0 Å². The van der Waals surface area contributed by atoms with E-state index in [-0.39, 0.29) is 11.9 Å². The van der Waals surface area contributed by atoms with Crippen LogP contribution in [-0.4, -0.2) is 18.0 Å². The number of anilines is 1. The molecule has 0 bridgehead atoms. The molecular formula is C15H19N3O2S. The third-order valence-corrected chi connectivity index (χ3v) is 4.36. The molecule has 0 saturated carbocycles. The van der Waals surface area contributed by atoms with Crippen molar-refractivity contribution in [3.8, 4) is 5.75 Å². The number of carbonyl (C=O) groups is 1. The maximum absolute atomic E-state index is 12.3. The molecule has 1 atom stereocenters. The van der Waals surface area contributed by atoms with Gasteiger partial charge < -0.3 is 15.8 Å². The lowest BCUT2D eigenvalue weighted by Crippen LogP contribution is -2.26. The quantitative estimate of drug-likeness (QED) is 0.852. The van der Waals surface area contributed by atoms with Crippen LogP contribution in [0.2, 0.25) is 0 Å². The largest absolute Gasteiger partial charge is 0.497 e. The van der Waals surface area contributed by atoms with Gasteiger partial charge in [-0.25, -0.2) is 4.98 Å². The summed E-state index contributed by atoms with van der Waals surface area (Å²) in [5.74, 6) is 0.385. The number of benzene rings is 1. The number of ether oxygens (including phenoxy) is 1. The molecule has 3 N–H and O–H groups in total. The van der Waals surface area contributed by atoms with Crippen LogP contribution in [0.5, 0.6) is 5.75 Å². The molecule has 1 heterocycles. The van der Waals surface area contributed by atoms with Gasteiger partial charge in [0.1, 0.15) is 5.75 Å². The minimum absolute atomic E-state index is 0.101. The van der Waals surface area contributed by atoms with Gasteiger partial charge in [0.05, 0.1) is 23.9 Å². The zero-order chi connectivity index (χ0) is 15.6. The van der Waals surface area contributed by atoms with Gasteiger partial charge in [0, 0.05) is 22.2 Å². The zero-order valence-corrected chi connectivity index (χ0v) is 13.4. The first kappa shape index (κ1) is 15.3. The molecule has 0 aliphatic rings. The van der Waals surface area contributed by atoms with Gasteiger partial charge in [-0.15, -0.1) is 11.3 Å². The molecule has 112 valence electrons. The Labute approximate surface area is 128 Å². The Morgan fingerprint density at radius 1 is 1.38 bits per heavy atom. The van der Waals surface area contributed by atoms with Crippen LogP contribution >= 0.6 is 11.3 Å². The highest BCUT2D eigenvalue weighted by Crippen LogP contribution is 2.25. The van der Waals surface area contributed by atoms with E-state index in [1.165, 1.54) is 0 Å². The molecule has 1 aromatic heterocycles. The van der Waals surface area contributed by atoms with E-state index in [2.05, 4.69) is 10.3 Å². The standard InChI is InChI=1S/C15H19N3O2S/c1-8-14(21-10(3)17-8)9(2)18-15(19)11-5-12(16)7-13(6-11)20-4/h5-7,9H,16H2,1-4H3,(H,18,19). The lowest BCUT2D eigenvalue weighted by molar-refractivity contribution is 0.0940. The lowest BCUT2D eigenvalue weighted by Gasteiger charge is -2.14. The number of hydrogen-bond donors (Lipinski definition) is 2. The van der Waals surface area contributed by atoms with Gasteiger partial charge in [0.15, 0.2) is 0 Å². The average Bonchev–Trinajstić information content (AvgIpc) is 2.76. The topological polar surface area (TPSA) is 77.2 Å². The summed E-state index contributed by atoms with van der Waals surface area (Å²) in [4.78, 5) is 17.8. The minimum Gasteiger partial charge on any atom is -0.497 e. The van der Waals surface area contributed by atoms with Gasteiger partial charge in [-0.3, -0.25) is 4.79 Å². The van der Waals surface area contributed by atoms with Crippen LogP contribution in [0, 0.1) is 13.8 Å². The molecule has 0 spiro atoms. The summed E-state index contributed by atoms with van der Waals surface area (Å²) in [5.41, 5.74) is 7.71. The molecule has 0 radical (unpaired) electrons. The van der Waals surface area contributed by atoms with Crippen molar-refractivity contribution in [2.75, 3.05) is 12.8 Å². The second-order valence-corrected chi connectivity index (χ2v) is 6.11. The Balaban J connectivity index is 2.18. The Hall–Kier alpha value is -2.08. The molecule has 1 aromatic carbocycles. The number of nitrogens with zero attached hydrogens (tertiary/aromatic N) is 1. The number of rotatable bonds is 4. The Bertz CT molecular complexity index is 667. The normalized spacial score (nSPS) is 12.0. The van der Waals surface area contributed by atoms with Crippen LogP contribution in [0.25, 0.3) is 0 Å². The van der Waals surface area contributed by atoms with Gasteiger partial charge in [0.25, 0.3) is 5.91 Å². The van der Waals surface area contributed by atoms with E-state index in [0.717, 1.165) is 15.6 Å². The van der Waals surface area contributed by atoms with E-state index in [0.29, 0.717) is 17.0 Å². The highest BCUT2D eigenvalue weighted by atomic mass is 32.1. The number of hydrogen-bond acceptors (Lipinski definition) is 5. The highest BCUT2D eigenvalue weighted by molar-refractivity contribution is 7.11. The second kappa shape index (κ2) is 6.13. The van der Waals surface area contributed by atoms with E-state index in [1.54, 1.807) is 36.6 Å². The van der Waals surface area contributed by atoms with Crippen molar-refractivity contribution in [2.45, 2.75) is 26.8 Å². The number of carbonyl (C=O) groups excluding carboxylic acids is 1. The molecule has 1 amide bonds. The molecule has 2 rings (SSSR count). The zero-order valence-electron chi connectivity index (χ0n) is 12.6. The van der Waals surface area contributed by atoms with Crippen molar-refractivity contribution >= 4 is 22.9 Å². The van der Waals surface area contributed by atoms with E-state index in [9.17, 15) is 4.79 Å². The molecule has 0 aliphatic carbocycles. The first-order valence-corrected chi connectivity index (χ1v) is 7.41. The monoisotopic (exact) mass is 305 g/mol. The highest BCUT2D eigenvalue weighted by Gasteiger charge is 2.17. The van der Waals surface area contributed by atoms with Crippen LogP contribution in [0.15, 0.2) is 18.2 Å². The molecule has 0 aliphatic heterocycles. The van der Waals surface area contributed by atoms with Crippen LogP contribution < -0.4 is 15.8 Å². The summed E-state index contributed by atoms with van der Waals surface area (Å²) >= 11 is 1.60. The summed E-state index contributed by atoms with van der Waals surface area (Å²) in [7, 11) is 1.54. The lowest BCUT2D eigenvalue weighted by atomic mass is 10.1. The molecule has 0 fully saturated rings. The van der Waals surface area contributed by atoms with Crippen molar-refractivity contribution in [1.29, 1.82) is 0 Å². The fraction of sp³-hybridized carbons (Fsp3) is 0.333. The predicted octanol–water partition coefficient (Wildman–Crippen LogP) is 2.84. The molecule has 1 unspecified atom stereocenters. The van der Waals surface area contributed by atoms with Crippen molar-refractivity contribution in [3.63, 3.8) is 0 Å². The summed E-state index contributed by atoms with van der Waals surface area (Å²) < 4.78 is 5.13. The molecular weight excluding hydrogens is 286 g/mol. The number of methoxy groups -OCH3 is 1. The Kier molecular flexibility index (Phi) is 4.47.